The SMILES string of the molecule is CNC1CCCOCNC1=O. The van der Waals surface area contributed by atoms with Crippen LogP contribution >= 0.6 is 0 Å². The summed E-state index contributed by atoms with van der Waals surface area (Å²) in [6.07, 6.45) is 1.79. The van der Waals surface area contributed by atoms with Crippen LogP contribution in [-0.2, 0) is 9.53 Å². The number of rotatable bonds is 1. The maximum absolute atomic E-state index is 11.1. The molecule has 4 nitrogen and oxygen atoms in total. The fourth-order valence-corrected chi connectivity index (χ4v) is 1.11. The quantitative estimate of drug-likeness (QED) is 0.539. The summed E-state index contributed by atoms with van der Waals surface area (Å²) >= 11 is 0. The van der Waals surface area contributed by atoms with Crippen molar-refractivity contribution in [3.8, 4) is 0 Å². The van der Waals surface area contributed by atoms with Gasteiger partial charge in [0.05, 0.1) is 6.04 Å². The molecule has 0 aliphatic carbocycles. The summed E-state index contributed by atoms with van der Waals surface area (Å²) in [7, 11) is 1.80. The second-order valence-corrected chi connectivity index (χ2v) is 2.58. The van der Waals surface area contributed by atoms with Crippen LogP contribution in [0.2, 0.25) is 0 Å². The molecule has 1 unspecified atom stereocenters. The van der Waals surface area contributed by atoms with Crippen LogP contribution in [0.3, 0.4) is 0 Å². The summed E-state index contributed by atoms with van der Waals surface area (Å²) in [6, 6.07) is -0.0427. The standard InChI is InChI=1S/C7H14N2O2/c1-8-6-3-2-4-11-5-9-7(6)10/h6,8H,2-5H2,1H3,(H,9,10). The first-order valence-corrected chi connectivity index (χ1v) is 3.87. The monoisotopic (exact) mass is 158 g/mol. The molecule has 1 saturated heterocycles. The Balaban J connectivity index is 2.39. The van der Waals surface area contributed by atoms with E-state index in [0.717, 1.165) is 19.4 Å². The molecule has 0 aromatic heterocycles. The second kappa shape index (κ2) is 4.31. The van der Waals surface area contributed by atoms with E-state index in [2.05, 4.69) is 10.6 Å². The topological polar surface area (TPSA) is 50.4 Å². The summed E-state index contributed by atoms with van der Waals surface area (Å²) < 4.78 is 5.08. The van der Waals surface area contributed by atoms with Gasteiger partial charge in [0, 0.05) is 6.61 Å². The highest BCUT2D eigenvalue weighted by molar-refractivity contribution is 5.81. The number of carbonyl (C=O) groups is 1. The molecule has 11 heavy (non-hydrogen) atoms. The van der Waals surface area contributed by atoms with Crippen LogP contribution in [0, 0.1) is 0 Å². The van der Waals surface area contributed by atoms with E-state index in [0.29, 0.717) is 6.73 Å². The minimum atomic E-state index is -0.0427. The Morgan fingerprint density at radius 3 is 3.27 bits per heavy atom. The lowest BCUT2D eigenvalue weighted by Gasteiger charge is -2.18. The van der Waals surface area contributed by atoms with Crippen molar-refractivity contribution in [1.82, 2.24) is 10.6 Å². The number of carbonyl (C=O) groups excluding carboxylic acids is 1. The first-order valence-electron chi connectivity index (χ1n) is 3.87. The van der Waals surface area contributed by atoms with Gasteiger partial charge >= 0.3 is 0 Å². The smallest absolute Gasteiger partial charge is 0.238 e. The predicted octanol–water partition coefficient (Wildman–Crippen LogP) is -0.542. The fourth-order valence-electron chi connectivity index (χ4n) is 1.11. The molecule has 0 spiro atoms. The number of ether oxygens (including phenoxy) is 1. The molecule has 1 amide bonds. The highest BCUT2D eigenvalue weighted by atomic mass is 16.5. The van der Waals surface area contributed by atoms with Crippen molar-refractivity contribution in [2.75, 3.05) is 20.4 Å². The Hall–Kier alpha value is -0.610. The second-order valence-electron chi connectivity index (χ2n) is 2.58. The average Bonchev–Trinajstić information content (AvgIpc) is 1.98. The van der Waals surface area contributed by atoms with Gasteiger partial charge in [-0.1, -0.05) is 0 Å². The Morgan fingerprint density at radius 1 is 1.73 bits per heavy atom. The van der Waals surface area contributed by atoms with Crippen molar-refractivity contribution in [3.05, 3.63) is 0 Å². The number of hydrogen-bond donors (Lipinski definition) is 2. The van der Waals surface area contributed by atoms with Gasteiger partial charge in [0.15, 0.2) is 0 Å². The molecule has 1 rings (SSSR count). The van der Waals surface area contributed by atoms with E-state index in [4.69, 9.17) is 4.74 Å². The molecule has 0 aromatic carbocycles. The van der Waals surface area contributed by atoms with Crippen LogP contribution in [0.15, 0.2) is 0 Å². The van der Waals surface area contributed by atoms with Crippen molar-refractivity contribution in [1.29, 1.82) is 0 Å². The number of likely N-dealkylation sites (N-methyl/N-ethyl adjacent to an activating group) is 1. The van der Waals surface area contributed by atoms with Gasteiger partial charge in [0.1, 0.15) is 6.73 Å². The molecule has 1 fully saturated rings. The van der Waals surface area contributed by atoms with E-state index in [1.54, 1.807) is 7.05 Å². The molecule has 0 radical (unpaired) electrons. The lowest BCUT2D eigenvalue weighted by atomic mass is 10.1. The number of nitrogens with one attached hydrogen (secondary N) is 2. The first-order chi connectivity index (χ1) is 5.34. The van der Waals surface area contributed by atoms with Crippen LogP contribution in [0.4, 0.5) is 0 Å². The zero-order valence-electron chi connectivity index (χ0n) is 6.72. The van der Waals surface area contributed by atoms with Crippen molar-refractivity contribution in [2.45, 2.75) is 18.9 Å². The highest BCUT2D eigenvalue weighted by Crippen LogP contribution is 1.99. The summed E-state index contributed by atoms with van der Waals surface area (Å²) in [4.78, 5) is 11.1. The van der Waals surface area contributed by atoms with Crippen molar-refractivity contribution >= 4 is 5.91 Å². The van der Waals surface area contributed by atoms with Gasteiger partial charge in [0.25, 0.3) is 0 Å². The van der Waals surface area contributed by atoms with Gasteiger partial charge < -0.3 is 15.4 Å². The van der Waals surface area contributed by atoms with Crippen LogP contribution in [0.1, 0.15) is 12.8 Å². The zero-order valence-corrected chi connectivity index (χ0v) is 6.72. The number of hydrogen-bond acceptors (Lipinski definition) is 3. The van der Waals surface area contributed by atoms with Crippen LogP contribution in [-0.4, -0.2) is 32.3 Å². The number of amides is 1. The normalized spacial score (nSPS) is 27.0. The fraction of sp³-hybridized carbons (Fsp3) is 0.857. The minimum Gasteiger partial charge on any atom is -0.361 e. The van der Waals surface area contributed by atoms with Crippen molar-refractivity contribution in [3.63, 3.8) is 0 Å². The van der Waals surface area contributed by atoms with Gasteiger partial charge in [-0.15, -0.1) is 0 Å². The summed E-state index contributed by atoms with van der Waals surface area (Å²) in [5.74, 6) is 0.0344. The van der Waals surface area contributed by atoms with Crippen molar-refractivity contribution in [2.24, 2.45) is 0 Å². The van der Waals surface area contributed by atoms with E-state index in [1.807, 2.05) is 0 Å². The maximum atomic E-state index is 11.1. The van der Waals surface area contributed by atoms with Gasteiger partial charge in [-0.25, -0.2) is 0 Å². The third-order valence-corrected chi connectivity index (χ3v) is 1.79. The molecule has 1 aliphatic rings. The Bertz CT molecular complexity index is 138. The molecule has 4 heteroatoms. The van der Waals surface area contributed by atoms with Crippen molar-refractivity contribution < 1.29 is 9.53 Å². The van der Waals surface area contributed by atoms with Gasteiger partial charge in [-0.05, 0) is 19.9 Å². The molecule has 1 heterocycles. The zero-order chi connectivity index (χ0) is 8.10. The maximum Gasteiger partial charge on any atom is 0.238 e. The third-order valence-electron chi connectivity index (χ3n) is 1.79. The minimum absolute atomic E-state index is 0.0344. The first kappa shape index (κ1) is 8.49. The molecule has 1 atom stereocenters. The highest BCUT2D eigenvalue weighted by Gasteiger charge is 2.16. The molecule has 0 bridgehead atoms. The molecule has 1 aliphatic heterocycles. The Kier molecular flexibility index (Phi) is 3.32. The van der Waals surface area contributed by atoms with Gasteiger partial charge in [0.2, 0.25) is 5.91 Å². The molecular formula is C7H14N2O2. The Labute approximate surface area is 66.3 Å². The summed E-state index contributed by atoms with van der Waals surface area (Å²) in [5.41, 5.74) is 0. The van der Waals surface area contributed by atoms with Crippen LogP contribution in [0.25, 0.3) is 0 Å². The van der Waals surface area contributed by atoms with E-state index in [-0.39, 0.29) is 11.9 Å². The lowest BCUT2D eigenvalue weighted by molar-refractivity contribution is -0.126. The predicted molar refractivity (Wildman–Crippen MR) is 41.0 cm³/mol. The lowest BCUT2D eigenvalue weighted by Crippen LogP contribution is -2.44. The average molecular weight is 158 g/mol. The van der Waals surface area contributed by atoms with E-state index < -0.39 is 0 Å². The van der Waals surface area contributed by atoms with E-state index in [1.165, 1.54) is 0 Å². The van der Waals surface area contributed by atoms with Crippen LogP contribution < -0.4 is 10.6 Å². The van der Waals surface area contributed by atoms with E-state index >= 15 is 0 Å². The molecule has 0 aromatic rings. The van der Waals surface area contributed by atoms with E-state index in [9.17, 15) is 4.79 Å². The largest absolute Gasteiger partial charge is 0.361 e. The summed E-state index contributed by atoms with van der Waals surface area (Å²) in [5, 5.41) is 5.62. The molecule has 64 valence electrons. The van der Waals surface area contributed by atoms with Gasteiger partial charge in [-0.3, -0.25) is 4.79 Å². The molecular weight excluding hydrogens is 144 g/mol. The molecule has 2 N–H and O–H groups in total. The summed E-state index contributed by atoms with van der Waals surface area (Å²) in [6.45, 7) is 1.08. The Morgan fingerprint density at radius 2 is 2.55 bits per heavy atom. The molecule has 0 saturated carbocycles. The van der Waals surface area contributed by atoms with Gasteiger partial charge in [-0.2, -0.15) is 0 Å². The van der Waals surface area contributed by atoms with Crippen LogP contribution in [0.5, 0.6) is 0 Å². The third kappa shape index (κ3) is 2.48.